The molecule has 1 aromatic carbocycles. The summed E-state index contributed by atoms with van der Waals surface area (Å²) in [6.45, 7) is 2.92. The number of anilines is 1. The predicted octanol–water partition coefficient (Wildman–Crippen LogP) is 3.01. The SMILES string of the molecule is Cc1ccc(NC(=O)N2CC3CC4CC(C3)CC2C4)cc1-n1cnnn1. The Hall–Kier alpha value is -2.44. The molecule has 2 amide bonds. The molecule has 0 radical (unpaired) electrons. The first-order chi connectivity index (χ1) is 12.7. The van der Waals surface area contributed by atoms with Gasteiger partial charge in [-0.25, -0.2) is 9.48 Å². The van der Waals surface area contributed by atoms with Crippen LogP contribution in [0.25, 0.3) is 5.69 Å². The van der Waals surface area contributed by atoms with E-state index >= 15 is 0 Å². The normalized spacial score (nSPS) is 29.7. The second-order valence-corrected chi connectivity index (χ2v) is 8.27. The summed E-state index contributed by atoms with van der Waals surface area (Å²) >= 11 is 0. The van der Waals surface area contributed by atoms with E-state index in [1.165, 1.54) is 32.1 Å². The maximum absolute atomic E-state index is 13.0. The van der Waals surface area contributed by atoms with Crippen LogP contribution in [-0.2, 0) is 0 Å². The molecule has 2 unspecified atom stereocenters. The molecular weight excluding hydrogens is 328 g/mol. The van der Waals surface area contributed by atoms with Crippen molar-refractivity contribution in [2.24, 2.45) is 17.8 Å². The number of carbonyl (C=O) groups excluding carboxylic acids is 1. The molecule has 136 valence electrons. The Balaban J connectivity index is 1.37. The molecule has 1 aromatic heterocycles. The van der Waals surface area contributed by atoms with Crippen LogP contribution in [0.2, 0.25) is 0 Å². The third-order valence-corrected chi connectivity index (χ3v) is 6.42. The van der Waals surface area contributed by atoms with Crippen LogP contribution in [0.15, 0.2) is 24.5 Å². The average Bonchev–Trinajstić information content (AvgIpc) is 3.07. The van der Waals surface area contributed by atoms with Crippen molar-refractivity contribution in [2.45, 2.75) is 45.1 Å². The Morgan fingerprint density at radius 1 is 1.12 bits per heavy atom. The first-order valence-corrected chi connectivity index (χ1v) is 9.57. The van der Waals surface area contributed by atoms with Gasteiger partial charge < -0.3 is 10.2 Å². The monoisotopic (exact) mass is 352 g/mol. The Kier molecular flexibility index (Phi) is 3.69. The molecule has 4 bridgehead atoms. The van der Waals surface area contributed by atoms with Crippen LogP contribution in [0.3, 0.4) is 0 Å². The first-order valence-electron chi connectivity index (χ1n) is 9.57. The minimum absolute atomic E-state index is 0.0368. The summed E-state index contributed by atoms with van der Waals surface area (Å²) in [5.74, 6) is 2.36. The average molecular weight is 352 g/mol. The molecule has 4 fully saturated rings. The number of hydrogen-bond acceptors (Lipinski definition) is 4. The van der Waals surface area contributed by atoms with Crippen LogP contribution in [0, 0.1) is 24.7 Å². The minimum atomic E-state index is 0.0368. The molecule has 2 atom stereocenters. The van der Waals surface area contributed by atoms with Crippen molar-refractivity contribution in [1.29, 1.82) is 0 Å². The number of nitrogens with one attached hydrogen (secondary N) is 1. The van der Waals surface area contributed by atoms with Gasteiger partial charge >= 0.3 is 6.03 Å². The highest BCUT2D eigenvalue weighted by atomic mass is 16.2. The van der Waals surface area contributed by atoms with Crippen molar-refractivity contribution in [3.8, 4) is 5.69 Å². The molecule has 2 aromatic rings. The van der Waals surface area contributed by atoms with Crippen molar-refractivity contribution in [2.75, 3.05) is 11.9 Å². The van der Waals surface area contributed by atoms with E-state index < -0.39 is 0 Å². The van der Waals surface area contributed by atoms with Crippen LogP contribution in [-0.4, -0.2) is 43.7 Å². The van der Waals surface area contributed by atoms with Gasteiger partial charge in [-0.3, -0.25) is 0 Å². The van der Waals surface area contributed by atoms with Crippen molar-refractivity contribution in [3.63, 3.8) is 0 Å². The minimum Gasteiger partial charge on any atom is -0.321 e. The van der Waals surface area contributed by atoms with Crippen molar-refractivity contribution < 1.29 is 4.79 Å². The number of rotatable bonds is 2. The van der Waals surface area contributed by atoms with Gasteiger partial charge in [0.25, 0.3) is 0 Å². The molecule has 2 aliphatic heterocycles. The van der Waals surface area contributed by atoms with Crippen molar-refractivity contribution in [1.82, 2.24) is 25.1 Å². The molecule has 7 heteroatoms. The summed E-state index contributed by atoms with van der Waals surface area (Å²) in [4.78, 5) is 15.1. The predicted molar refractivity (Wildman–Crippen MR) is 97.0 cm³/mol. The van der Waals surface area contributed by atoms with E-state index in [1.807, 2.05) is 25.1 Å². The number of benzene rings is 1. The highest BCUT2D eigenvalue weighted by molar-refractivity contribution is 5.90. The highest BCUT2D eigenvalue weighted by Gasteiger charge is 2.44. The van der Waals surface area contributed by atoms with Gasteiger partial charge in [0.15, 0.2) is 0 Å². The fourth-order valence-corrected chi connectivity index (χ4v) is 5.43. The Morgan fingerprint density at radius 3 is 2.62 bits per heavy atom. The summed E-state index contributed by atoms with van der Waals surface area (Å²) in [7, 11) is 0. The van der Waals surface area contributed by atoms with Crippen molar-refractivity contribution >= 4 is 11.7 Å². The lowest BCUT2D eigenvalue weighted by Crippen LogP contribution is -2.44. The zero-order valence-corrected chi connectivity index (χ0v) is 15.0. The van der Waals surface area contributed by atoms with Gasteiger partial charge in [0, 0.05) is 18.3 Å². The summed E-state index contributed by atoms with van der Waals surface area (Å²) in [5, 5.41) is 14.5. The quantitative estimate of drug-likeness (QED) is 0.901. The molecule has 0 spiro atoms. The first kappa shape index (κ1) is 15.8. The van der Waals surface area contributed by atoms with Gasteiger partial charge in [-0.2, -0.15) is 0 Å². The molecule has 2 saturated heterocycles. The van der Waals surface area contributed by atoms with E-state index in [9.17, 15) is 4.79 Å². The molecule has 1 N–H and O–H groups in total. The van der Waals surface area contributed by atoms with Crippen LogP contribution >= 0.6 is 0 Å². The molecule has 2 saturated carbocycles. The topological polar surface area (TPSA) is 75.9 Å². The van der Waals surface area contributed by atoms with E-state index in [2.05, 4.69) is 25.7 Å². The number of fused-ring (bicyclic) bond motifs is 1. The van der Waals surface area contributed by atoms with E-state index in [-0.39, 0.29) is 6.03 Å². The lowest BCUT2D eigenvalue weighted by Gasteiger charge is -2.38. The molecule has 7 nitrogen and oxygen atoms in total. The molecular formula is C19H24N6O. The number of tetrazole rings is 1. The van der Waals surface area contributed by atoms with Gasteiger partial charge in [0.2, 0.25) is 0 Å². The standard InChI is InChI=1S/C19H24N6O/c1-12-2-3-16(9-18(12)25-11-20-22-23-25)21-19(26)24-10-15-5-13-4-14(6-15)8-17(24)7-13/h2-3,9,11,13-15,17H,4-8,10H2,1H3,(H,21,26). The van der Waals surface area contributed by atoms with E-state index in [0.29, 0.717) is 12.0 Å². The summed E-state index contributed by atoms with van der Waals surface area (Å²) < 4.78 is 1.62. The van der Waals surface area contributed by atoms with Crippen molar-refractivity contribution in [3.05, 3.63) is 30.1 Å². The largest absolute Gasteiger partial charge is 0.322 e. The molecule has 26 heavy (non-hydrogen) atoms. The number of aryl methyl sites for hydroxylation is 1. The third-order valence-electron chi connectivity index (χ3n) is 6.42. The lowest BCUT2D eigenvalue weighted by molar-refractivity contribution is 0.136. The summed E-state index contributed by atoms with van der Waals surface area (Å²) in [6, 6.07) is 6.32. The maximum Gasteiger partial charge on any atom is 0.322 e. The van der Waals surface area contributed by atoms with Gasteiger partial charge in [-0.15, -0.1) is 5.10 Å². The van der Waals surface area contributed by atoms with Gasteiger partial charge in [0.05, 0.1) is 5.69 Å². The zero-order valence-electron chi connectivity index (χ0n) is 15.0. The lowest BCUT2D eigenvalue weighted by atomic mass is 9.68. The molecule has 2 aliphatic carbocycles. The van der Waals surface area contributed by atoms with E-state index in [0.717, 1.165) is 35.3 Å². The maximum atomic E-state index is 13.0. The van der Waals surface area contributed by atoms with Crippen LogP contribution in [0.5, 0.6) is 0 Å². The third kappa shape index (κ3) is 2.75. The molecule has 6 rings (SSSR count). The van der Waals surface area contributed by atoms with E-state index in [4.69, 9.17) is 0 Å². The Morgan fingerprint density at radius 2 is 1.88 bits per heavy atom. The number of nitrogens with zero attached hydrogens (tertiary/aromatic N) is 5. The summed E-state index contributed by atoms with van der Waals surface area (Å²) in [5.41, 5.74) is 2.72. The smallest absolute Gasteiger partial charge is 0.321 e. The highest BCUT2D eigenvalue weighted by Crippen LogP contribution is 2.47. The number of aromatic nitrogens is 4. The van der Waals surface area contributed by atoms with Crippen LogP contribution in [0.4, 0.5) is 10.5 Å². The number of carbonyl (C=O) groups is 1. The zero-order chi connectivity index (χ0) is 17.7. The molecule has 4 aliphatic rings. The second-order valence-electron chi connectivity index (χ2n) is 8.27. The number of hydrogen-bond donors (Lipinski definition) is 1. The fraction of sp³-hybridized carbons (Fsp3) is 0.579. The number of urea groups is 1. The number of amides is 2. The van der Waals surface area contributed by atoms with E-state index in [1.54, 1.807) is 11.0 Å². The second kappa shape index (κ2) is 6.07. The Bertz CT molecular complexity index is 805. The van der Waals surface area contributed by atoms with Gasteiger partial charge in [0.1, 0.15) is 6.33 Å². The van der Waals surface area contributed by atoms with Gasteiger partial charge in [-0.05, 0) is 84.9 Å². The Labute approximate surface area is 152 Å². The van der Waals surface area contributed by atoms with Crippen LogP contribution in [0.1, 0.15) is 37.7 Å². The molecule has 3 heterocycles. The van der Waals surface area contributed by atoms with Crippen LogP contribution < -0.4 is 5.32 Å². The fourth-order valence-electron chi connectivity index (χ4n) is 5.43. The summed E-state index contributed by atoms with van der Waals surface area (Å²) in [6.07, 6.45) is 7.94. The van der Waals surface area contributed by atoms with Gasteiger partial charge in [-0.1, -0.05) is 6.07 Å².